The van der Waals surface area contributed by atoms with E-state index in [9.17, 15) is 0 Å². The van der Waals surface area contributed by atoms with Gasteiger partial charge in [0.05, 0.1) is 17.1 Å². The Labute approximate surface area is 240 Å². The van der Waals surface area contributed by atoms with Gasteiger partial charge in [-0.05, 0) is 124 Å². The van der Waals surface area contributed by atoms with Gasteiger partial charge in [0.1, 0.15) is 4.60 Å². The van der Waals surface area contributed by atoms with E-state index in [0.717, 1.165) is 68.0 Å². The summed E-state index contributed by atoms with van der Waals surface area (Å²) in [7, 11) is 0. The lowest BCUT2D eigenvalue weighted by Crippen LogP contribution is -2.36. The molecule has 0 saturated carbocycles. The third-order valence-corrected chi connectivity index (χ3v) is 7.76. The van der Waals surface area contributed by atoms with E-state index >= 15 is 0 Å². The van der Waals surface area contributed by atoms with E-state index in [0.29, 0.717) is 6.04 Å². The Morgan fingerprint density at radius 2 is 1.45 bits per heavy atom. The van der Waals surface area contributed by atoms with Gasteiger partial charge in [-0.3, -0.25) is 14.8 Å². The smallest absolute Gasteiger partial charge is 0.106 e. The first-order valence-corrected chi connectivity index (χ1v) is 15.3. The zero-order valence-corrected chi connectivity index (χ0v) is 26.0. The van der Waals surface area contributed by atoms with Gasteiger partial charge in [0.25, 0.3) is 0 Å². The van der Waals surface area contributed by atoms with Crippen molar-refractivity contribution in [2.45, 2.75) is 92.8 Å². The predicted molar refractivity (Wildman–Crippen MR) is 165 cm³/mol. The molecule has 0 aliphatic heterocycles. The summed E-state index contributed by atoms with van der Waals surface area (Å²) in [5.41, 5.74) is 8.60. The van der Waals surface area contributed by atoms with Gasteiger partial charge in [0.15, 0.2) is 0 Å². The second-order valence-electron chi connectivity index (χ2n) is 10.7. The monoisotopic (exact) mass is 578 g/mol. The summed E-state index contributed by atoms with van der Waals surface area (Å²) in [6.07, 6.45) is 5.88. The van der Waals surface area contributed by atoms with Crippen LogP contribution in [0.5, 0.6) is 0 Å². The number of rotatable bonds is 15. The van der Waals surface area contributed by atoms with Crippen molar-refractivity contribution in [1.82, 2.24) is 19.8 Å². The lowest BCUT2D eigenvalue weighted by molar-refractivity contribution is 0.160. The fourth-order valence-electron chi connectivity index (χ4n) is 5.73. The van der Waals surface area contributed by atoms with E-state index in [4.69, 9.17) is 4.98 Å². The molecule has 1 unspecified atom stereocenters. The van der Waals surface area contributed by atoms with Crippen LogP contribution in [-0.4, -0.2) is 45.4 Å². The standard InChI is InChI=1S/C33H47BrN4/c1-7-18-37(23-28-14-11-17-32(34)36-28)20-12-15-30(9-3)38(19-8-2)24-29-13-10-16-31(35-29)33-26(5)21-25(4)22-27(33)6/h10-11,13-14,16-17,21-22,30H,7-9,12,15,18-20,23-24H2,1-6H3. The molecule has 0 aliphatic rings. The molecule has 1 atom stereocenters. The average Bonchev–Trinajstić information content (AvgIpc) is 2.86. The third kappa shape index (κ3) is 9.00. The van der Waals surface area contributed by atoms with Crippen molar-refractivity contribution in [2.75, 3.05) is 19.6 Å². The fraction of sp³-hybridized carbons (Fsp3) is 0.515. The van der Waals surface area contributed by atoms with E-state index in [1.165, 1.54) is 40.8 Å². The molecule has 0 N–H and O–H groups in total. The van der Waals surface area contributed by atoms with Gasteiger partial charge in [-0.25, -0.2) is 4.98 Å². The summed E-state index contributed by atoms with van der Waals surface area (Å²) < 4.78 is 0.915. The second-order valence-corrected chi connectivity index (χ2v) is 11.5. The Morgan fingerprint density at radius 3 is 2.08 bits per heavy atom. The molecule has 2 heterocycles. The Hall–Kier alpha value is -2.08. The molecule has 0 aliphatic carbocycles. The van der Waals surface area contributed by atoms with Gasteiger partial charge in [0, 0.05) is 24.7 Å². The number of aromatic nitrogens is 2. The number of aryl methyl sites for hydroxylation is 3. The van der Waals surface area contributed by atoms with Crippen LogP contribution in [0.1, 0.15) is 81.0 Å². The van der Waals surface area contributed by atoms with Crippen LogP contribution in [0.4, 0.5) is 0 Å². The highest BCUT2D eigenvalue weighted by molar-refractivity contribution is 9.10. The van der Waals surface area contributed by atoms with E-state index < -0.39 is 0 Å². The Balaban J connectivity index is 1.67. The molecule has 206 valence electrons. The molecule has 4 nitrogen and oxygen atoms in total. The number of hydrogen-bond donors (Lipinski definition) is 0. The highest BCUT2D eigenvalue weighted by atomic mass is 79.9. The predicted octanol–water partition coefficient (Wildman–Crippen LogP) is 8.51. The molecule has 5 heteroatoms. The number of pyridine rings is 2. The summed E-state index contributed by atoms with van der Waals surface area (Å²) in [5, 5.41) is 0. The summed E-state index contributed by atoms with van der Waals surface area (Å²) in [5.74, 6) is 0. The largest absolute Gasteiger partial charge is 0.298 e. The average molecular weight is 580 g/mol. The van der Waals surface area contributed by atoms with Crippen molar-refractivity contribution >= 4 is 15.9 Å². The lowest BCUT2D eigenvalue weighted by atomic mass is 9.97. The van der Waals surface area contributed by atoms with Gasteiger partial charge in [0.2, 0.25) is 0 Å². The molecule has 0 bridgehead atoms. The zero-order valence-electron chi connectivity index (χ0n) is 24.4. The molecule has 0 radical (unpaired) electrons. The van der Waals surface area contributed by atoms with Crippen LogP contribution < -0.4 is 0 Å². The molecule has 0 spiro atoms. The minimum absolute atomic E-state index is 0.565. The van der Waals surface area contributed by atoms with Crippen LogP contribution in [0.2, 0.25) is 0 Å². The first-order chi connectivity index (χ1) is 18.3. The van der Waals surface area contributed by atoms with Crippen LogP contribution in [0.25, 0.3) is 11.3 Å². The zero-order chi connectivity index (χ0) is 27.5. The van der Waals surface area contributed by atoms with Crippen molar-refractivity contribution in [1.29, 1.82) is 0 Å². The van der Waals surface area contributed by atoms with E-state index in [-0.39, 0.29) is 0 Å². The molecule has 3 rings (SSSR count). The second kappa shape index (κ2) is 15.5. The number of benzene rings is 1. The molecule has 38 heavy (non-hydrogen) atoms. The summed E-state index contributed by atoms with van der Waals surface area (Å²) in [6, 6.07) is 17.8. The maximum atomic E-state index is 5.16. The Kier molecular flexibility index (Phi) is 12.4. The van der Waals surface area contributed by atoms with Gasteiger partial charge < -0.3 is 0 Å². The first-order valence-electron chi connectivity index (χ1n) is 14.5. The van der Waals surface area contributed by atoms with Gasteiger partial charge in [-0.2, -0.15) is 0 Å². The van der Waals surface area contributed by atoms with Crippen molar-refractivity contribution in [3.63, 3.8) is 0 Å². The van der Waals surface area contributed by atoms with E-state index in [1.54, 1.807) is 0 Å². The molecule has 0 amide bonds. The van der Waals surface area contributed by atoms with Gasteiger partial charge in [-0.1, -0.05) is 50.6 Å². The summed E-state index contributed by atoms with van der Waals surface area (Å²) >= 11 is 3.52. The maximum Gasteiger partial charge on any atom is 0.106 e. The summed E-state index contributed by atoms with van der Waals surface area (Å²) in [4.78, 5) is 15.0. The Morgan fingerprint density at radius 1 is 0.789 bits per heavy atom. The van der Waals surface area contributed by atoms with Crippen molar-refractivity contribution in [2.24, 2.45) is 0 Å². The van der Waals surface area contributed by atoms with Gasteiger partial charge >= 0.3 is 0 Å². The molecule has 1 aromatic carbocycles. The number of nitrogens with zero attached hydrogens (tertiary/aromatic N) is 4. The summed E-state index contributed by atoms with van der Waals surface area (Å²) in [6.45, 7) is 18.6. The molecule has 0 saturated heterocycles. The van der Waals surface area contributed by atoms with Crippen LogP contribution in [-0.2, 0) is 13.1 Å². The molecular formula is C33H47BrN4. The van der Waals surface area contributed by atoms with Crippen molar-refractivity contribution in [3.05, 3.63) is 81.2 Å². The number of hydrogen-bond acceptors (Lipinski definition) is 4. The molecule has 3 aromatic rings. The topological polar surface area (TPSA) is 32.3 Å². The van der Waals surface area contributed by atoms with Crippen molar-refractivity contribution < 1.29 is 0 Å². The SMILES string of the molecule is CCCN(CCCC(CC)N(CCC)Cc1cccc(-c2c(C)cc(C)cc2C)n1)Cc1cccc(Br)n1. The molecule has 2 aromatic heterocycles. The van der Waals surface area contributed by atoms with Crippen molar-refractivity contribution in [3.8, 4) is 11.3 Å². The van der Waals surface area contributed by atoms with Crippen LogP contribution in [0.3, 0.4) is 0 Å². The highest BCUT2D eigenvalue weighted by Crippen LogP contribution is 2.27. The minimum atomic E-state index is 0.565. The van der Waals surface area contributed by atoms with E-state index in [2.05, 4.69) is 115 Å². The van der Waals surface area contributed by atoms with E-state index in [1.807, 2.05) is 6.07 Å². The van der Waals surface area contributed by atoms with Crippen LogP contribution in [0, 0.1) is 20.8 Å². The molecular weight excluding hydrogens is 532 g/mol. The lowest BCUT2D eigenvalue weighted by Gasteiger charge is -2.31. The van der Waals surface area contributed by atoms with Gasteiger partial charge in [-0.15, -0.1) is 0 Å². The third-order valence-electron chi connectivity index (χ3n) is 7.31. The highest BCUT2D eigenvalue weighted by Gasteiger charge is 2.18. The quantitative estimate of drug-likeness (QED) is 0.169. The molecule has 0 fully saturated rings. The first kappa shape index (κ1) is 30.5. The maximum absolute atomic E-state index is 5.16. The Bertz CT molecular complexity index is 1120. The number of halogens is 1. The van der Waals surface area contributed by atoms with Crippen LogP contribution >= 0.6 is 15.9 Å². The van der Waals surface area contributed by atoms with Crippen LogP contribution in [0.15, 0.2) is 53.1 Å². The fourth-order valence-corrected chi connectivity index (χ4v) is 6.11. The minimum Gasteiger partial charge on any atom is -0.298 e. The normalized spacial score (nSPS) is 12.4.